The summed E-state index contributed by atoms with van der Waals surface area (Å²) >= 11 is 4.39. The Morgan fingerprint density at radius 1 is 1.37 bits per heavy atom. The van der Waals surface area contributed by atoms with Gasteiger partial charge in [-0.1, -0.05) is 49.4 Å². The summed E-state index contributed by atoms with van der Waals surface area (Å²) in [4.78, 5) is 0. The Bertz CT molecular complexity index is 386. The van der Waals surface area contributed by atoms with Crippen molar-refractivity contribution in [3.63, 3.8) is 0 Å². The summed E-state index contributed by atoms with van der Waals surface area (Å²) in [5, 5.41) is 0.524. The van der Waals surface area contributed by atoms with Crippen molar-refractivity contribution in [2.75, 3.05) is 0 Å². The van der Waals surface area contributed by atoms with Crippen molar-refractivity contribution in [2.24, 2.45) is 5.92 Å². The van der Waals surface area contributed by atoms with Crippen LogP contribution in [0.25, 0.3) is 0 Å². The lowest BCUT2D eigenvalue weighted by atomic mass is 10.2. The van der Waals surface area contributed by atoms with Crippen molar-refractivity contribution in [1.29, 1.82) is 0 Å². The average Bonchev–Trinajstić information content (AvgIpc) is 3.15. The number of rotatable bonds is 8. The molecule has 1 aromatic rings. The van der Waals surface area contributed by atoms with Crippen LogP contribution >= 0.6 is 12.6 Å². The van der Waals surface area contributed by atoms with Gasteiger partial charge < -0.3 is 4.74 Å². The minimum Gasteiger partial charge on any atom is -0.373 e. The molecular weight excluding hydrogens is 252 g/mol. The van der Waals surface area contributed by atoms with Gasteiger partial charge in [0, 0.05) is 5.92 Å². The standard InChI is InChI=1S/C17H24OS/c1-14(19)8-4-2-7-11-16-12-17(16)18-13-15-9-5-3-6-10-15/h3,5-7,9-11,14,16-17,19H,2,4,8,12-13H2,1H3/b11-7+. The van der Waals surface area contributed by atoms with E-state index in [9.17, 15) is 0 Å². The monoisotopic (exact) mass is 276 g/mol. The number of ether oxygens (including phenoxy) is 1. The predicted octanol–water partition coefficient (Wildman–Crippen LogP) is 4.64. The van der Waals surface area contributed by atoms with Crippen LogP contribution < -0.4 is 0 Å². The van der Waals surface area contributed by atoms with Crippen LogP contribution in [0.3, 0.4) is 0 Å². The number of thiol groups is 1. The summed E-state index contributed by atoms with van der Waals surface area (Å²) in [6.45, 7) is 2.90. The number of benzene rings is 1. The van der Waals surface area contributed by atoms with E-state index in [1.165, 1.54) is 31.2 Å². The van der Waals surface area contributed by atoms with Crippen LogP contribution in [0.1, 0.15) is 38.2 Å². The molecule has 104 valence electrons. The molecule has 3 atom stereocenters. The molecule has 1 aliphatic carbocycles. The Hall–Kier alpha value is -0.730. The second kappa shape index (κ2) is 7.76. The highest BCUT2D eigenvalue weighted by Crippen LogP contribution is 2.35. The third-order valence-corrected chi connectivity index (χ3v) is 3.72. The van der Waals surface area contributed by atoms with Crippen molar-refractivity contribution < 1.29 is 4.74 Å². The minimum absolute atomic E-state index is 0.445. The number of hydrogen-bond donors (Lipinski definition) is 1. The van der Waals surface area contributed by atoms with Gasteiger partial charge in [0.2, 0.25) is 0 Å². The minimum atomic E-state index is 0.445. The third kappa shape index (κ3) is 5.84. The highest BCUT2D eigenvalue weighted by molar-refractivity contribution is 7.80. The SMILES string of the molecule is CC(S)CCC/C=C/C1CC1OCc1ccccc1. The summed E-state index contributed by atoms with van der Waals surface area (Å²) < 4.78 is 5.88. The zero-order chi connectivity index (χ0) is 13.5. The summed E-state index contributed by atoms with van der Waals surface area (Å²) in [5.74, 6) is 0.650. The molecule has 1 aliphatic rings. The lowest BCUT2D eigenvalue weighted by Gasteiger charge is -2.02. The van der Waals surface area contributed by atoms with Crippen molar-refractivity contribution in [3.05, 3.63) is 48.0 Å². The largest absolute Gasteiger partial charge is 0.373 e. The topological polar surface area (TPSA) is 9.23 Å². The van der Waals surface area contributed by atoms with Gasteiger partial charge in [0.25, 0.3) is 0 Å². The molecule has 0 heterocycles. The molecule has 19 heavy (non-hydrogen) atoms. The molecule has 0 radical (unpaired) electrons. The molecule has 1 fully saturated rings. The second-order valence-corrected chi connectivity index (χ2v) is 6.32. The first-order chi connectivity index (χ1) is 9.25. The van der Waals surface area contributed by atoms with E-state index in [0.717, 1.165) is 6.61 Å². The molecule has 0 N–H and O–H groups in total. The molecule has 2 rings (SSSR count). The normalized spacial score (nSPS) is 23.7. The van der Waals surface area contributed by atoms with E-state index in [1.54, 1.807) is 0 Å². The molecule has 1 aromatic carbocycles. The second-order valence-electron chi connectivity index (χ2n) is 5.44. The number of hydrogen-bond acceptors (Lipinski definition) is 2. The third-order valence-electron chi connectivity index (χ3n) is 3.46. The smallest absolute Gasteiger partial charge is 0.0720 e. The molecule has 1 saturated carbocycles. The molecular formula is C17H24OS. The van der Waals surface area contributed by atoms with Crippen LogP contribution in [0.5, 0.6) is 0 Å². The Morgan fingerprint density at radius 3 is 2.89 bits per heavy atom. The first kappa shape index (κ1) is 14.7. The number of unbranched alkanes of at least 4 members (excludes halogenated alkanes) is 1. The van der Waals surface area contributed by atoms with Gasteiger partial charge in [0.05, 0.1) is 12.7 Å². The fourth-order valence-electron chi connectivity index (χ4n) is 2.16. The van der Waals surface area contributed by atoms with E-state index in [0.29, 0.717) is 17.3 Å². The van der Waals surface area contributed by atoms with Gasteiger partial charge >= 0.3 is 0 Å². The van der Waals surface area contributed by atoms with Crippen LogP contribution in [0.4, 0.5) is 0 Å². The molecule has 0 amide bonds. The summed E-state index contributed by atoms with van der Waals surface area (Å²) in [6, 6.07) is 10.4. The fourth-order valence-corrected chi connectivity index (χ4v) is 2.35. The fraction of sp³-hybridized carbons (Fsp3) is 0.529. The maximum Gasteiger partial charge on any atom is 0.0720 e. The zero-order valence-electron chi connectivity index (χ0n) is 11.7. The summed E-state index contributed by atoms with van der Waals surface area (Å²) in [7, 11) is 0. The van der Waals surface area contributed by atoms with Gasteiger partial charge in [-0.05, 0) is 36.5 Å². The van der Waals surface area contributed by atoms with Gasteiger partial charge in [0.1, 0.15) is 0 Å². The zero-order valence-corrected chi connectivity index (χ0v) is 12.6. The van der Waals surface area contributed by atoms with E-state index in [4.69, 9.17) is 4.74 Å². The predicted molar refractivity (Wildman–Crippen MR) is 84.6 cm³/mol. The molecule has 1 nitrogen and oxygen atoms in total. The Kier molecular flexibility index (Phi) is 5.99. The van der Waals surface area contributed by atoms with Crippen LogP contribution in [0.2, 0.25) is 0 Å². The van der Waals surface area contributed by atoms with Gasteiger partial charge in [-0.3, -0.25) is 0 Å². The lowest BCUT2D eigenvalue weighted by Crippen LogP contribution is -1.96. The van der Waals surface area contributed by atoms with Gasteiger partial charge in [-0.15, -0.1) is 0 Å². The molecule has 3 unspecified atom stereocenters. The van der Waals surface area contributed by atoms with Crippen molar-refractivity contribution in [1.82, 2.24) is 0 Å². The van der Waals surface area contributed by atoms with E-state index in [-0.39, 0.29) is 0 Å². The highest BCUT2D eigenvalue weighted by atomic mass is 32.1. The molecule has 2 heteroatoms. The lowest BCUT2D eigenvalue weighted by molar-refractivity contribution is 0.0995. The Balaban J connectivity index is 1.56. The van der Waals surface area contributed by atoms with E-state index < -0.39 is 0 Å². The van der Waals surface area contributed by atoms with Crippen molar-refractivity contribution in [3.8, 4) is 0 Å². The van der Waals surface area contributed by atoms with E-state index in [2.05, 4.69) is 56.0 Å². The average molecular weight is 276 g/mol. The van der Waals surface area contributed by atoms with Gasteiger partial charge in [-0.2, -0.15) is 12.6 Å². The first-order valence-electron chi connectivity index (χ1n) is 7.26. The molecule has 0 aromatic heterocycles. The Labute approximate surface area is 122 Å². The van der Waals surface area contributed by atoms with Gasteiger partial charge in [0.15, 0.2) is 0 Å². The van der Waals surface area contributed by atoms with Crippen LogP contribution in [-0.4, -0.2) is 11.4 Å². The summed E-state index contributed by atoms with van der Waals surface area (Å²) in [6.07, 6.45) is 9.89. The van der Waals surface area contributed by atoms with Crippen molar-refractivity contribution in [2.45, 2.75) is 50.6 Å². The van der Waals surface area contributed by atoms with E-state index in [1.807, 2.05) is 6.07 Å². The quantitative estimate of drug-likeness (QED) is 0.413. The van der Waals surface area contributed by atoms with Crippen LogP contribution in [-0.2, 0) is 11.3 Å². The van der Waals surface area contributed by atoms with E-state index >= 15 is 0 Å². The maximum atomic E-state index is 5.88. The van der Waals surface area contributed by atoms with Crippen LogP contribution in [0.15, 0.2) is 42.5 Å². The van der Waals surface area contributed by atoms with Crippen molar-refractivity contribution >= 4 is 12.6 Å². The van der Waals surface area contributed by atoms with Gasteiger partial charge in [-0.25, -0.2) is 0 Å². The molecule has 0 bridgehead atoms. The summed E-state index contributed by atoms with van der Waals surface area (Å²) in [5.41, 5.74) is 1.26. The number of allylic oxidation sites excluding steroid dienone is 1. The Morgan fingerprint density at radius 2 is 2.16 bits per heavy atom. The molecule has 0 aliphatic heterocycles. The maximum absolute atomic E-state index is 5.88. The first-order valence-corrected chi connectivity index (χ1v) is 7.77. The molecule has 0 spiro atoms. The van der Waals surface area contributed by atoms with Crippen LogP contribution in [0, 0.1) is 5.92 Å². The highest BCUT2D eigenvalue weighted by Gasteiger charge is 2.35. The molecule has 0 saturated heterocycles.